The van der Waals surface area contributed by atoms with Crippen molar-refractivity contribution in [1.29, 1.82) is 0 Å². The minimum Gasteiger partial charge on any atom is -0.355 e. The first kappa shape index (κ1) is 25.2. The molecule has 0 bridgehead atoms. The Hall–Kier alpha value is -0.0300. The molecule has 23 heavy (non-hydrogen) atoms. The van der Waals surface area contributed by atoms with Crippen molar-refractivity contribution in [2.75, 3.05) is 26.2 Å². The van der Waals surface area contributed by atoms with E-state index in [1.165, 1.54) is 12.8 Å². The molecular formula is C17H37Cl2N3O. The molecule has 0 radical (unpaired) electrons. The third kappa shape index (κ3) is 9.75. The highest BCUT2D eigenvalue weighted by Gasteiger charge is 2.22. The summed E-state index contributed by atoms with van der Waals surface area (Å²) in [5.41, 5.74) is 0. The molecular weight excluding hydrogens is 333 g/mol. The normalized spacial score (nSPS) is 19.2. The van der Waals surface area contributed by atoms with Crippen LogP contribution in [-0.4, -0.2) is 49.1 Å². The third-order valence-electron chi connectivity index (χ3n) is 4.67. The molecule has 0 aliphatic carbocycles. The summed E-state index contributed by atoms with van der Waals surface area (Å²) in [5.74, 6) is 1.34. The van der Waals surface area contributed by atoms with E-state index in [0.717, 1.165) is 26.2 Å². The number of halogens is 2. The van der Waals surface area contributed by atoms with Gasteiger partial charge in [-0.15, -0.1) is 24.8 Å². The predicted octanol–water partition coefficient (Wildman–Crippen LogP) is 3.09. The lowest BCUT2D eigenvalue weighted by Crippen LogP contribution is -2.43. The molecule has 2 atom stereocenters. The largest absolute Gasteiger partial charge is 0.355 e. The number of carbonyl (C=O) groups excluding carboxylic acids is 1. The van der Waals surface area contributed by atoms with Gasteiger partial charge in [-0.25, -0.2) is 0 Å². The Balaban J connectivity index is 0. The highest BCUT2D eigenvalue weighted by Crippen LogP contribution is 2.22. The summed E-state index contributed by atoms with van der Waals surface area (Å²) in [5, 5.41) is 6.53. The summed E-state index contributed by atoms with van der Waals surface area (Å²) in [4.78, 5) is 14.5. The van der Waals surface area contributed by atoms with Crippen LogP contribution < -0.4 is 10.6 Å². The van der Waals surface area contributed by atoms with Crippen molar-refractivity contribution in [3.63, 3.8) is 0 Å². The van der Waals surface area contributed by atoms with E-state index in [0.29, 0.717) is 30.3 Å². The minimum absolute atomic E-state index is 0. The zero-order chi connectivity index (χ0) is 15.8. The van der Waals surface area contributed by atoms with Gasteiger partial charge in [0, 0.05) is 31.6 Å². The molecule has 0 aromatic carbocycles. The van der Waals surface area contributed by atoms with Crippen LogP contribution in [0.4, 0.5) is 0 Å². The molecule has 1 amide bonds. The van der Waals surface area contributed by atoms with Gasteiger partial charge in [0.05, 0.1) is 0 Å². The van der Waals surface area contributed by atoms with Gasteiger partial charge in [0.1, 0.15) is 0 Å². The first-order chi connectivity index (χ1) is 9.91. The molecule has 6 heteroatoms. The highest BCUT2D eigenvalue weighted by atomic mass is 35.5. The van der Waals surface area contributed by atoms with Crippen LogP contribution >= 0.6 is 24.8 Å². The second kappa shape index (κ2) is 13.3. The summed E-state index contributed by atoms with van der Waals surface area (Å²) >= 11 is 0. The lowest BCUT2D eigenvalue weighted by molar-refractivity contribution is -0.122. The summed E-state index contributed by atoms with van der Waals surface area (Å²) < 4.78 is 0. The Labute approximate surface area is 155 Å². The Morgan fingerprint density at radius 1 is 1.17 bits per heavy atom. The summed E-state index contributed by atoms with van der Waals surface area (Å²) in [6, 6.07) is 1.04. The van der Waals surface area contributed by atoms with Crippen molar-refractivity contribution in [1.82, 2.24) is 15.5 Å². The Morgan fingerprint density at radius 2 is 1.78 bits per heavy atom. The number of piperidine rings is 1. The van der Waals surface area contributed by atoms with Crippen molar-refractivity contribution < 1.29 is 4.79 Å². The molecule has 2 unspecified atom stereocenters. The van der Waals surface area contributed by atoms with Crippen LogP contribution in [0.25, 0.3) is 0 Å². The van der Waals surface area contributed by atoms with E-state index in [4.69, 9.17) is 0 Å². The number of carbonyl (C=O) groups is 1. The number of hydrogen-bond acceptors (Lipinski definition) is 3. The Kier molecular flexibility index (Phi) is 14.6. The van der Waals surface area contributed by atoms with Gasteiger partial charge in [-0.05, 0) is 65.5 Å². The summed E-state index contributed by atoms with van der Waals surface area (Å²) in [6.07, 6.45) is 3.17. The molecule has 0 saturated carbocycles. The van der Waals surface area contributed by atoms with Crippen LogP contribution in [0.15, 0.2) is 0 Å². The topological polar surface area (TPSA) is 44.4 Å². The van der Waals surface area contributed by atoms with E-state index in [1.807, 2.05) is 0 Å². The van der Waals surface area contributed by atoms with E-state index in [9.17, 15) is 4.79 Å². The van der Waals surface area contributed by atoms with Crippen LogP contribution in [-0.2, 0) is 4.79 Å². The Morgan fingerprint density at radius 3 is 2.26 bits per heavy atom. The first-order valence-corrected chi connectivity index (χ1v) is 8.65. The lowest BCUT2D eigenvalue weighted by atomic mass is 9.85. The zero-order valence-corrected chi connectivity index (χ0v) is 17.1. The fraction of sp³-hybridized carbons (Fsp3) is 0.941. The van der Waals surface area contributed by atoms with Crippen LogP contribution in [0.1, 0.15) is 53.9 Å². The molecule has 1 aliphatic rings. The van der Waals surface area contributed by atoms with Crippen molar-refractivity contribution >= 4 is 30.7 Å². The molecule has 140 valence electrons. The van der Waals surface area contributed by atoms with Crippen molar-refractivity contribution in [3.05, 3.63) is 0 Å². The van der Waals surface area contributed by atoms with Crippen LogP contribution in [0.3, 0.4) is 0 Å². The number of amides is 1. The number of nitrogens with zero attached hydrogens (tertiary/aromatic N) is 1. The zero-order valence-electron chi connectivity index (χ0n) is 15.4. The van der Waals surface area contributed by atoms with Crippen molar-refractivity contribution in [2.45, 2.75) is 66.0 Å². The van der Waals surface area contributed by atoms with E-state index in [1.54, 1.807) is 0 Å². The van der Waals surface area contributed by atoms with Crippen LogP contribution in [0.5, 0.6) is 0 Å². The van der Waals surface area contributed by atoms with Gasteiger partial charge >= 0.3 is 0 Å². The average Bonchev–Trinajstić information content (AvgIpc) is 2.43. The van der Waals surface area contributed by atoms with Gasteiger partial charge in [0.25, 0.3) is 0 Å². The molecule has 1 heterocycles. The fourth-order valence-corrected chi connectivity index (χ4v) is 3.33. The maximum Gasteiger partial charge on any atom is 0.220 e. The molecule has 4 nitrogen and oxygen atoms in total. The number of hydrogen-bond donors (Lipinski definition) is 2. The summed E-state index contributed by atoms with van der Waals surface area (Å²) in [7, 11) is 0. The van der Waals surface area contributed by atoms with Gasteiger partial charge in [-0.3, -0.25) is 9.69 Å². The van der Waals surface area contributed by atoms with Gasteiger partial charge in [0.15, 0.2) is 0 Å². The molecule has 1 aliphatic heterocycles. The Bertz CT molecular complexity index is 300. The fourth-order valence-electron chi connectivity index (χ4n) is 3.33. The number of nitrogens with one attached hydrogen (secondary N) is 2. The van der Waals surface area contributed by atoms with E-state index >= 15 is 0 Å². The highest BCUT2D eigenvalue weighted by molar-refractivity contribution is 5.85. The predicted molar refractivity (Wildman–Crippen MR) is 104 cm³/mol. The summed E-state index contributed by atoms with van der Waals surface area (Å²) in [6.45, 7) is 14.9. The van der Waals surface area contributed by atoms with Gasteiger partial charge in [-0.2, -0.15) is 0 Å². The first-order valence-electron chi connectivity index (χ1n) is 8.65. The standard InChI is InChI=1S/C17H35N3O.2ClH/c1-13(2)20(14(3)4)10-9-19-17(21)11-15(5)16-7-6-8-18-12-16;;/h13-16,18H,6-12H2,1-5H3,(H,19,21);2*1H. The molecule has 1 rings (SSSR count). The number of rotatable bonds is 8. The molecule has 1 fully saturated rings. The minimum atomic E-state index is 0. The SMILES string of the molecule is CC(CC(=O)NCCN(C(C)C)C(C)C)C1CCCNC1.Cl.Cl. The average molecular weight is 370 g/mol. The van der Waals surface area contributed by atoms with E-state index < -0.39 is 0 Å². The quantitative estimate of drug-likeness (QED) is 0.690. The van der Waals surface area contributed by atoms with Gasteiger partial charge < -0.3 is 10.6 Å². The molecule has 0 aromatic heterocycles. The van der Waals surface area contributed by atoms with Gasteiger partial charge in [-0.1, -0.05) is 6.92 Å². The maximum atomic E-state index is 12.1. The molecule has 1 saturated heterocycles. The second-order valence-corrected chi connectivity index (χ2v) is 7.06. The van der Waals surface area contributed by atoms with Crippen LogP contribution in [0.2, 0.25) is 0 Å². The van der Waals surface area contributed by atoms with Crippen LogP contribution in [0, 0.1) is 11.8 Å². The second-order valence-electron chi connectivity index (χ2n) is 7.06. The maximum absolute atomic E-state index is 12.1. The molecule has 2 N–H and O–H groups in total. The van der Waals surface area contributed by atoms with Crippen molar-refractivity contribution in [2.24, 2.45) is 11.8 Å². The van der Waals surface area contributed by atoms with E-state index in [2.05, 4.69) is 50.2 Å². The van der Waals surface area contributed by atoms with Crippen molar-refractivity contribution in [3.8, 4) is 0 Å². The molecule has 0 aromatic rings. The van der Waals surface area contributed by atoms with Gasteiger partial charge in [0.2, 0.25) is 5.91 Å². The van der Waals surface area contributed by atoms with E-state index in [-0.39, 0.29) is 30.7 Å². The lowest BCUT2D eigenvalue weighted by Gasteiger charge is -2.31. The third-order valence-corrected chi connectivity index (χ3v) is 4.67. The smallest absolute Gasteiger partial charge is 0.220 e. The molecule has 0 spiro atoms. The monoisotopic (exact) mass is 369 g/mol.